The quantitative estimate of drug-likeness (QED) is 0.628. The molecular formula is C23H25N3O3S. The first kappa shape index (κ1) is 19.2. The molecule has 0 aliphatic carbocycles. The zero-order valence-corrected chi connectivity index (χ0v) is 18.2. The second-order valence-electron chi connectivity index (χ2n) is 8.05. The number of anilines is 1. The van der Waals surface area contributed by atoms with Crippen molar-refractivity contribution in [2.75, 3.05) is 31.1 Å². The number of rotatable bonds is 2. The van der Waals surface area contributed by atoms with Gasteiger partial charge in [-0.15, -0.1) is 0 Å². The van der Waals surface area contributed by atoms with Gasteiger partial charge in [0.15, 0.2) is 16.6 Å². The lowest BCUT2D eigenvalue weighted by Crippen LogP contribution is -2.56. The maximum atomic E-state index is 13.1. The number of nitrogens with zero attached hydrogens (tertiary/aromatic N) is 3. The molecule has 0 bridgehead atoms. The Bertz CT molecular complexity index is 1100. The Morgan fingerprint density at radius 1 is 1.07 bits per heavy atom. The maximum Gasteiger partial charge on any atom is 0.267 e. The van der Waals surface area contributed by atoms with E-state index in [4.69, 9.17) is 14.5 Å². The van der Waals surface area contributed by atoms with E-state index in [0.717, 1.165) is 23.7 Å². The summed E-state index contributed by atoms with van der Waals surface area (Å²) in [7, 11) is 0. The summed E-state index contributed by atoms with van der Waals surface area (Å²) in [6.45, 7) is 8.97. The maximum absolute atomic E-state index is 13.1. The number of carbonyl (C=O) groups excluding carboxylic acids is 1. The number of benzene rings is 2. The van der Waals surface area contributed by atoms with Gasteiger partial charge in [0.25, 0.3) is 5.91 Å². The molecule has 6 nitrogen and oxygen atoms in total. The number of hydrogen-bond acceptors (Lipinski definition) is 6. The minimum Gasteiger partial charge on any atom is -0.482 e. The number of piperazine rings is 1. The van der Waals surface area contributed by atoms with Crippen LogP contribution in [0.25, 0.3) is 10.2 Å². The summed E-state index contributed by atoms with van der Waals surface area (Å²) < 4.78 is 13.1. The fourth-order valence-electron chi connectivity index (χ4n) is 4.19. The molecule has 2 unspecified atom stereocenters. The van der Waals surface area contributed by atoms with Gasteiger partial charge in [0.2, 0.25) is 6.10 Å². The molecule has 156 valence electrons. The molecule has 2 aliphatic heterocycles. The third-order valence-corrected chi connectivity index (χ3v) is 7.02. The first-order valence-electron chi connectivity index (χ1n) is 10.3. The number of hydrogen-bond donors (Lipinski definition) is 0. The Kier molecular flexibility index (Phi) is 4.77. The standard InChI is InChI=1S/C23H25N3O3S/c1-14-12-15(2)21-17(13-14)24-23(30-21)26-10-8-25(9-11-26)22(27)20-16(3)28-18-6-4-5-7-19(18)29-20/h4-7,12-13,16,20H,8-11H2,1-3H3. The molecule has 0 saturated carbocycles. The summed E-state index contributed by atoms with van der Waals surface area (Å²) in [6.07, 6.45) is -0.930. The van der Waals surface area contributed by atoms with Crippen molar-refractivity contribution in [1.29, 1.82) is 0 Å². The van der Waals surface area contributed by atoms with Gasteiger partial charge in [0.1, 0.15) is 6.10 Å². The highest BCUT2D eigenvalue weighted by Crippen LogP contribution is 2.35. The molecule has 0 N–H and O–H groups in total. The highest BCUT2D eigenvalue weighted by molar-refractivity contribution is 7.22. The lowest BCUT2D eigenvalue weighted by atomic mass is 10.1. The van der Waals surface area contributed by atoms with Crippen LogP contribution < -0.4 is 14.4 Å². The minimum absolute atomic E-state index is 0.00702. The molecule has 0 radical (unpaired) electrons. The smallest absolute Gasteiger partial charge is 0.267 e. The van der Waals surface area contributed by atoms with Gasteiger partial charge in [-0.3, -0.25) is 4.79 Å². The molecule has 2 atom stereocenters. The molecule has 2 aromatic carbocycles. The molecule has 1 saturated heterocycles. The van der Waals surface area contributed by atoms with Crippen LogP contribution in [0.3, 0.4) is 0 Å². The molecule has 3 heterocycles. The molecule has 5 rings (SSSR count). The van der Waals surface area contributed by atoms with E-state index in [-0.39, 0.29) is 12.0 Å². The topological polar surface area (TPSA) is 54.9 Å². The van der Waals surface area contributed by atoms with Crippen molar-refractivity contribution >= 4 is 32.6 Å². The van der Waals surface area contributed by atoms with Gasteiger partial charge in [-0.1, -0.05) is 29.5 Å². The Balaban J connectivity index is 1.27. The number of fused-ring (bicyclic) bond motifs is 2. The fraction of sp³-hybridized carbons (Fsp3) is 0.391. The van der Waals surface area contributed by atoms with Crippen LogP contribution in [-0.2, 0) is 4.79 Å². The van der Waals surface area contributed by atoms with Crippen LogP contribution in [0.2, 0.25) is 0 Å². The molecule has 7 heteroatoms. The summed E-state index contributed by atoms with van der Waals surface area (Å²) in [5.74, 6) is 1.32. The van der Waals surface area contributed by atoms with Gasteiger partial charge in [-0.05, 0) is 50.1 Å². The van der Waals surface area contributed by atoms with Crippen LogP contribution in [0, 0.1) is 13.8 Å². The lowest BCUT2D eigenvalue weighted by Gasteiger charge is -2.38. The first-order chi connectivity index (χ1) is 14.5. The van der Waals surface area contributed by atoms with Crippen molar-refractivity contribution in [3.05, 3.63) is 47.5 Å². The molecule has 1 fully saturated rings. The summed E-state index contributed by atoms with van der Waals surface area (Å²) in [5.41, 5.74) is 3.56. The number of carbonyl (C=O) groups is 1. The SMILES string of the molecule is Cc1cc(C)c2sc(N3CCN(C(=O)C4Oc5ccccc5OC4C)CC3)nc2c1. The Hall–Kier alpha value is -2.80. The summed E-state index contributed by atoms with van der Waals surface area (Å²) in [6, 6.07) is 11.8. The molecule has 30 heavy (non-hydrogen) atoms. The van der Waals surface area contributed by atoms with Crippen LogP contribution in [-0.4, -0.2) is 54.2 Å². The fourth-order valence-corrected chi connectivity index (χ4v) is 5.26. The number of para-hydroxylation sites is 2. The average Bonchev–Trinajstić information content (AvgIpc) is 3.17. The van der Waals surface area contributed by atoms with E-state index in [1.807, 2.05) is 36.1 Å². The van der Waals surface area contributed by atoms with Crippen LogP contribution in [0.15, 0.2) is 36.4 Å². The number of thiazole rings is 1. The van der Waals surface area contributed by atoms with Crippen LogP contribution in [0.1, 0.15) is 18.1 Å². The van der Waals surface area contributed by atoms with Crippen molar-refractivity contribution in [2.45, 2.75) is 33.0 Å². The van der Waals surface area contributed by atoms with Crippen molar-refractivity contribution in [3.63, 3.8) is 0 Å². The van der Waals surface area contributed by atoms with Gasteiger partial charge in [-0.25, -0.2) is 4.98 Å². The van der Waals surface area contributed by atoms with E-state index in [1.165, 1.54) is 15.8 Å². The second kappa shape index (κ2) is 7.47. The van der Waals surface area contributed by atoms with Crippen molar-refractivity contribution < 1.29 is 14.3 Å². The van der Waals surface area contributed by atoms with Gasteiger partial charge in [0, 0.05) is 26.2 Å². The van der Waals surface area contributed by atoms with E-state index in [1.54, 1.807) is 11.3 Å². The van der Waals surface area contributed by atoms with Crippen LogP contribution in [0.5, 0.6) is 11.5 Å². The first-order valence-corrected chi connectivity index (χ1v) is 11.1. The number of ether oxygens (including phenoxy) is 2. The zero-order valence-electron chi connectivity index (χ0n) is 17.4. The largest absolute Gasteiger partial charge is 0.482 e. The molecular weight excluding hydrogens is 398 g/mol. The third-order valence-electron chi connectivity index (χ3n) is 5.76. The number of amides is 1. The van der Waals surface area contributed by atoms with Crippen molar-refractivity contribution in [3.8, 4) is 11.5 Å². The monoisotopic (exact) mass is 423 g/mol. The Morgan fingerprint density at radius 2 is 1.77 bits per heavy atom. The Morgan fingerprint density at radius 3 is 2.50 bits per heavy atom. The highest BCUT2D eigenvalue weighted by atomic mass is 32.1. The number of aromatic nitrogens is 1. The van der Waals surface area contributed by atoms with E-state index < -0.39 is 6.10 Å². The van der Waals surface area contributed by atoms with Gasteiger partial charge < -0.3 is 19.3 Å². The summed E-state index contributed by atoms with van der Waals surface area (Å²) in [4.78, 5) is 22.1. The summed E-state index contributed by atoms with van der Waals surface area (Å²) in [5, 5.41) is 1.03. The Labute approximate surface area is 180 Å². The van der Waals surface area contributed by atoms with Crippen LogP contribution in [0.4, 0.5) is 5.13 Å². The molecule has 1 aromatic heterocycles. The van der Waals surface area contributed by atoms with Gasteiger partial charge in [0.05, 0.1) is 10.2 Å². The average molecular weight is 424 g/mol. The minimum atomic E-state index is -0.612. The predicted octanol–water partition coefficient (Wildman–Crippen LogP) is 3.79. The summed E-state index contributed by atoms with van der Waals surface area (Å²) >= 11 is 1.74. The van der Waals surface area contributed by atoms with E-state index in [2.05, 4.69) is 30.9 Å². The molecule has 1 amide bonds. The molecule has 2 aliphatic rings. The highest BCUT2D eigenvalue weighted by Gasteiger charge is 2.37. The normalized spacial score (nSPS) is 21.2. The van der Waals surface area contributed by atoms with Crippen LogP contribution >= 0.6 is 11.3 Å². The molecule has 3 aromatic rings. The van der Waals surface area contributed by atoms with E-state index in [9.17, 15) is 4.79 Å². The zero-order chi connectivity index (χ0) is 20.8. The van der Waals surface area contributed by atoms with E-state index in [0.29, 0.717) is 24.6 Å². The predicted molar refractivity (Wildman–Crippen MR) is 119 cm³/mol. The van der Waals surface area contributed by atoms with E-state index >= 15 is 0 Å². The van der Waals surface area contributed by atoms with Gasteiger partial charge in [-0.2, -0.15) is 0 Å². The lowest BCUT2D eigenvalue weighted by molar-refractivity contribution is -0.144. The van der Waals surface area contributed by atoms with Crippen molar-refractivity contribution in [1.82, 2.24) is 9.88 Å². The number of aryl methyl sites for hydroxylation is 2. The third kappa shape index (κ3) is 3.37. The van der Waals surface area contributed by atoms with Gasteiger partial charge >= 0.3 is 0 Å². The molecule has 0 spiro atoms. The van der Waals surface area contributed by atoms with Crippen molar-refractivity contribution in [2.24, 2.45) is 0 Å². The second-order valence-corrected chi connectivity index (χ2v) is 9.02.